The van der Waals surface area contributed by atoms with E-state index in [-0.39, 0.29) is 5.91 Å². The Hall–Kier alpha value is -2.10. The number of amides is 1. The van der Waals surface area contributed by atoms with Gasteiger partial charge >= 0.3 is 0 Å². The highest BCUT2D eigenvalue weighted by Crippen LogP contribution is 2.08. The molecule has 0 atom stereocenters. The topological polar surface area (TPSA) is 46.9 Å². The smallest absolute Gasteiger partial charge is 0.224 e. The lowest BCUT2D eigenvalue weighted by Gasteiger charge is -2.03. The van der Waals surface area contributed by atoms with Crippen LogP contribution < -0.4 is 5.32 Å². The maximum absolute atomic E-state index is 11.2. The number of carbonyl (C=O) groups is 1. The fourth-order valence-electron chi connectivity index (χ4n) is 1.46. The molecule has 0 saturated carbocycles. The quantitative estimate of drug-likeness (QED) is 0.835. The number of aromatic nitrogens is 2. The molecule has 0 radical (unpaired) electrons. The van der Waals surface area contributed by atoms with Crippen molar-refractivity contribution in [3.63, 3.8) is 0 Å². The largest absolute Gasteiger partial charge is 0.359 e. The molecule has 0 unspecified atom stereocenters. The van der Waals surface area contributed by atoms with Crippen molar-refractivity contribution in [2.45, 2.75) is 6.42 Å². The maximum Gasteiger partial charge on any atom is 0.224 e. The minimum atomic E-state index is 0.0202. The number of rotatable bonds is 3. The third kappa shape index (κ3) is 2.28. The molecule has 16 heavy (non-hydrogen) atoms. The predicted molar refractivity (Wildman–Crippen MR) is 61.3 cm³/mol. The van der Waals surface area contributed by atoms with Crippen LogP contribution in [-0.2, 0) is 11.2 Å². The van der Waals surface area contributed by atoms with Crippen LogP contribution in [0.5, 0.6) is 0 Å². The minimum absolute atomic E-state index is 0.0202. The van der Waals surface area contributed by atoms with Crippen molar-refractivity contribution < 1.29 is 4.79 Å². The van der Waals surface area contributed by atoms with Gasteiger partial charge in [0.1, 0.15) is 0 Å². The second-order valence-electron chi connectivity index (χ2n) is 3.47. The van der Waals surface area contributed by atoms with Crippen molar-refractivity contribution in [2.75, 3.05) is 7.05 Å². The number of hydrogen-bond donors (Lipinski definition) is 1. The van der Waals surface area contributed by atoms with Gasteiger partial charge in [0.15, 0.2) is 0 Å². The zero-order chi connectivity index (χ0) is 11.4. The van der Waals surface area contributed by atoms with Crippen LogP contribution in [0, 0.1) is 0 Å². The molecule has 1 aromatic carbocycles. The Balaban J connectivity index is 2.14. The van der Waals surface area contributed by atoms with E-state index in [0.29, 0.717) is 6.42 Å². The Morgan fingerprint density at radius 3 is 2.69 bits per heavy atom. The molecular formula is C12H13N3O. The summed E-state index contributed by atoms with van der Waals surface area (Å²) in [5.41, 5.74) is 1.99. The summed E-state index contributed by atoms with van der Waals surface area (Å²) in [6.45, 7) is 0. The van der Waals surface area contributed by atoms with Gasteiger partial charge in [0.25, 0.3) is 0 Å². The molecule has 0 bridgehead atoms. The van der Waals surface area contributed by atoms with E-state index in [1.165, 1.54) is 0 Å². The molecule has 0 aliphatic heterocycles. The van der Waals surface area contributed by atoms with Crippen LogP contribution in [-0.4, -0.2) is 22.7 Å². The summed E-state index contributed by atoms with van der Waals surface area (Å²) < 4.78 is 1.78. The first-order valence-electron chi connectivity index (χ1n) is 5.09. The Morgan fingerprint density at radius 1 is 1.38 bits per heavy atom. The van der Waals surface area contributed by atoms with Crippen LogP contribution in [0.2, 0.25) is 0 Å². The molecule has 0 aliphatic carbocycles. The van der Waals surface area contributed by atoms with E-state index in [0.717, 1.165) is 11.3 Å². The molecule has 1 amide bonds. The van der Waals surface area contributed by atoms with E-state index in [1.807, 2.05) is 36.5 Å². The Morgan fingerprint density at radius 2 is 2.12 bits per heavy atom. The van der Waals surface area contributed by atoms with Gasteiger partial charge in [-0.2, -0.15) is 5.10 Å². The van der Waals surface area contributed by atoms with E-state index in [1.54, 1.807) is 17.9 Å². The summed E-state index contributed by atoms with van der Waals surface area (Å²) in [5, 5.41) is 6.73. The molecule has 4 nitrogen and oxygen atoms in total. The van der Waals surface area contributed by atoms with E-state index in [2.05, 4.69) is 10.4 Å². The Labute approximate surface area is 93.9 Å². The van der Waals surface area contributed by atoms with E-state index in [9.17, 15) is 4.79 Å². The first-order valence-corrected chi connectivity index (χ1v) is 5.09. The highest BCUT2D eigenvalue weighted by Gasteiger charge is 2.01. The number of nitrogens with zero attached hydrogens (tertiary/aromatic N) is 2. The molecule has 0 spiro atoms. The number of likely N-dealkylation sites (N-methyl/N-ethyl adjacent to an activating group) is 1. The fourth-order valence-corrected chi connectivity index (χ4v) is 1.46. The molecule has 2 rings (SSSR count). The SMILES string of the molecule is CNC(=O)Cc1ccc(-n2cccn2)cc1. The van der Waals surface area contributed by atoms with Crippen LogP contribution in [0.25, 0.3) is 5.69 Å². The lowest BCUT2D eigenvalue weighted by Crippen LogP contribution is -2.19. The van der Waals surface area contributed by atoms with Crippen LogP contribution in [0.1, 0.15) is 5.56 Å². The second kappa shape index (κ2) is 4.61. The fraction of sp³-hybridized carbons (Fsp3) is 0.167. The first-order chi connectivity index (χ1) is 7.79. The van der Waals surface area contributed by atoms with Crippen molar-refractivity contribution in [3.8, 4) is 5.69 Å². The molecule has 0 saturated heterocycles. The molecule has 82 valence electrons. The maximum atomic E-state index is 11.2. The molecule has 4 heteroatoms. The summed E-state index contributed by atoms with van der Waals surface area (Å²) in [5.74, 6) is 0.0202. The van der Waals surface area contributed by atoms with Crippen LogP contribution >= 0.6 is 0 Å². The molecule has 1 N–H and O–H groups in total. The highest BCUT2D eigenvalue weighted by atomic mass is 16.1. The second-order valence-corrected chi connectivity index (χ2v) is 3.47. The number of benzene rings is 1. The van der Waals surface area contributed by atoms with Crippen LogP contribution in [0.3, 0.4) is 0 Å². The van der Waals surface area contributed by atoms with Crippen molar-refractivity contribution in [2.24, 2.45) is 0 Å². The van der Waals surface area contributed by atoms with Crippen molar-refractivity contribution in [1.29, 1.82) is 0 Å². The zero-order valence-electron chi connectivity index (χ0n) is 9.05. The molecule has 1 heterocycles. The van der Waals surface area contributed by atoms with Crippen LogP contribution in [0.15, 0.2) is 42.7 Å². The summed E-state index contributed by atoms with van der Waals surface area (Å²) in [6, 6.07) is 9.65. The average Bonchev–Trinajstić information content (AvgIpc) is 2.83. The average molecular weight is 215 g/mol. The highest BCUT2D eigenvalue weighted by molar-refractivity contribution is 5.78. The number of hydrogen-bond acceptors (Lipinski definition) is 2. The molecule has 1 aromatic heterocycles. The zero-order valence-corrected chi connectivity index (χ0v) is 9.05. The molecule has 0 aliphatic rings. The van der Waals surface area contributed by atoms with Crippen molar-refractivity contribution >= 4 is 5.91 Å². The van der Waals surface area contributed by atoms with Gasteiger partial charge < -0.3 is 5.32 Å². The van der Waals surface area contributed by atoms with Gasteiger partial charge in [-0.05, 0) is 23.8 Å². The van der Waals surface area contributed by atoms with Gasteiger partial charge in [-0.3, -0.25) is 4.79 Å². The first kappa shape index (κ1) is 10.4. The Kier molecular flexibility index (Phi) is 3.00. The number of nitrogens with one attached hydrogen (secondary N) is 1. The summed E-state index contributed by atoms with van der Waals surface area (Å²) in [4.78, 5) is 11.2. The van der Waals surface area contributed by atoms with Gasteiger partial charge in [0.05, 0.1) is 12.1 Å². The predicted octanol–water partition coefficient (Wildman–Crippen LogP) is 1.16. The monoisotopic (exact) mass is 215 g/mol. The standard InChI is InChI=1S/C12H13N3O/c1-13-12(16)9-10-3-5-11(6-4-10)15-8-2-7-14-15/h2-8H,9H2,1H3,(H,13,16). The van der Waals surface area contributed by atoms with Crippen LogP contribution in [0.4, 0.5) is 0 Å². The van der Waals surface area contributed by atoms with Crippen molar-refractivity contribution in [3.05, 3.63) is 48.3 Å². The Bertz CT molecular complexity index is 460. The van der Waals surface area contributed by atoms with E-state index >= 15 is 0 Å². The summed E-state index contributed by atoms with van der Waals surface area (Å²) in [6.07, 6.45) is 4.03. The third-order valence-corrected chi connectivity index (χ3v) is 2.35. The van der Waals surface area contributed by atoms with Gasteiger partial charge in [-0.25, -0.2) is 4.68 Å². The summed E-state index contributed by atoms with van der Waals surface area (Å²) >= 11 is 0. The molecular weight excluding hydrogens is 202 g/mol. The lowest BCUT2D eigenvalue weighted by atomic mass is 10.1. The van der Waals surface area contributed by atoms with Gasteiger partial charge in [-0.15, -0.1) is 0 Å². The van der Waals surface area contributed by atoms with Gasteiger partial charge in [0.2, 0.25) is 5.91 Å². The number of carbonyl (C=O) groups excluding carboxylic acids is 1. The summed E-state index contributed by atoms with van der Waals surface area (Å²) in [7, 11) is 1.64. The molecule has 0 fully saturated rings. The van der Waals surface area contributed by atoms with Crippen molar-refractivity contribution in [1.82, 2.24) is 15.1 Å². The normalized spacial score (nSPS) is 10.1. The van der Waals surface area contributed by atoms with Gasteiger partial charge in [-0.1, -0.05) is 12.1 Å². The van der Waals surface area contributed by atoms with E-state index < -0.39 is 0 Å². The third-order valence-electron chi connectivity index (χ3n) is 2.35. The van der Waals surface area contributed by atoms with Gasteiger partial charge in [0, 0.05) is 19.4 Å². The molecule has 2 aromatic rings. The lowest BCUT2D eigenvalue weighted by molar-refractivity contribution is -0.119. The minimum Gasteiger partial charge on any atom is -0.359 e. The van der Waals surface area contributed by atoms with E-state index in [4.69, 9.17) is 0 Å².